The second kappa shape index (κ2) is 7.15. The molecule has 146 valence electrons. The van der Waals surface area contributed by atoms with Gasteiger partial charge in [-0.3, -0.25) is 14.6 Å². The van der Waals surface area contributed by atoms with Crippen molar-refractivity contribution in [2.75, 3.05) is 44.7 Å². The molecule has 0 saturated carbocycles. The van der Waals surface area contributed by atoms with Crippen LogP contribution in [0.4, 0.5) is 10.5 Å². The summed E-state index contributed by atoms with van der Waals surface area (Å²) in [5.41, 5.74) is 2.02. The molecule has 1 aromatic carbocycles. The van der Waals surface area contributed by atoms with Crippen molar-refractivity contribution in [2.45, 2.75) is 44.7 Å². The third kappa shape index (κ3) is 3.10. The lowest BCUT2D eigenvalue weighted by Gasteiger charge is -2.42. The molecule has 0 unspecified atom stereocenters. The van der Waals surface area contributed by atoms with Crippen molar-refractivity contribution < 1.29 is 9.59 Å². The standard InChI is InChI=1S/C21H30N4O2/c1-3-25-20(27)22(2)19(26)21(25)10-14-23(15-11-21)16-17-6-8-18(9-7-17)24-12-4-5-13-24/h6-9H,3-5,10-16H2,1-2H3. The highest BCUT2D eigenvalue weighted by Gasteiger charge is 2.56. The van der Waals surface area contributed by atoms with Crippen LogP contribution in [0.1, 0.15) is 38.2 Å². The van der Waals surface area contributed by atoms with E-state index in [1.165, 1.54) is 42.1 Å². The molecule has 3 aliphatic rings. The molecule has 1 aromatic rings. The summed E-state index contributed by atoms with van der Waals surface area (Å²) in [7, 11) is 1.61. The normalized spacial score (nSPS) is 23.1. The molecule has 0 N–H and O–H groups in total. The number of hydrogen-bond acceptors (Lipinski definition) is 4. The van der Waals surface area contributed by atoms with Gasteiger partial charge in [-0.15, -0.1) is 0 Å². The van der Waals surface area contributed by atoms with E-state index in [4.69, 9.17) is 0 Å². The van der Waals surface area contributed by atoms with Crippen molar-refractivity contribution >= 4 is 17.6 Å². The third-order valence-corrected chi connectivity index (χ3v) is 6.55. The minimum atomic E-state index is -0.614. The summed E-state index contributed by atoms with van der Waals surface area (Å²) in [5, 5.41) is 0. The number of hydrogen-bond donors (Lipinski definition) is 0. The van der Waals surface area contributed by atoms with Gasteiger partial charge in [-0.1, -0.05) is 12.1 Å². The van der Waals surface area contributed by atoms with Gasteiger partial charge in [-0.05, 0) is 50.3 Å². The van der Waals surface area contributed by atoms with E-state index in [1.807, 2.05) is 6.92 Å². The molecule has 6 heteroatoms. The number of urea groups is 1. The monoisotopic (exact) mass is 370 g/mol. The van der Waals surface area contributed by atoms with Crippen molar-refractivity contribution in [3.8, 4) is 0 Å². The van der Waals surface area contributed by atoms with E-state index in [9.17, 15) is 9.59 Å². The molecule has 6 nitrogen and oxygen atoms in total. The summed E-state index contributed by atoms with van der Waals surface area (Å²) in [6.07, 6.45) is 4.04. The number of piperidine rings is 1. The SMILES string of the molecule is CCN1C(=O)N(C)C(=O)C12CCN(Cc1ccc(N3CCCC3)cc1)CC2. The molecule has 3 saturated heterocycles. The Labute approximate surface area is 161 Å². The topological polar surface area (TPSA) is 47.1 Å². The quantitative estimate of drug-likeness (QED) is 0.764. The summed E-state index contributed by atoms with van der Waals surface area (Å²) >= 11 is 0. The number of benzene rings is 1. The van der Waals surface area contributed by atoms with Gasteiger partial charge < -0.3 is 9.80 Å². The van der Waals surface area contributed by atoms with Gasteiger partial charge in [0.25, 0.3) is 5.91 Å². The zero-order valence-electron chi connectivity index (χ0n) is 16.5. The van der Waals surface area contributed by atoms with Gasteiger partial charge in [-0.25, -0.2) is 4.79 Å². The van der Waals surface area contributed by atoms with Gasteiger partial charge in [0, 0.05) is 52.0 Å². The number of carbonyl (C=O) groups is 2. The third-order valence-electron chi connectivity index (χ3n) is 6.55. The minimum Gasteiger partial charge on any atom is -0.372 e. The Hall–Kier alpha value is -2.08. The predicted molar refractivity (Wildman–Crippen MR) is 106 cm³/mol. The fourth-order valence-corrected chi connectivity index (χ4v) is 4.93. The maximum atomic E-state index is 12.7. The molecule has 0 radical (unpaired) electrons. The number of amides is 3. The summed E-state index contributed by atoms with van der Waals surface area (Å²) < 4.78 is 0. The first kappa shape index (κ1) is 18.3. The van der Waals surface area contributed by atoms with Crippen molar-refractivity contribution in [3.63, 3.8) is 0 Å². The molecule has 0 aliphatic carbocycles. The molecule has 0 atom stereocenters. The zero-order chi connectivity index (χ0) is 19.0. The second-order valence-electron chi connectivity index (χ2n) is 8.06. The van der Waals surface area contributed by atoms with Crippen molar-refractivity contribution in [1.29, 1.82) is 0 Å². The lowest BCUT2D eigenvalue weighted by molar-refractivity contribution is -0.134. The molecule has 0 bridgehead atoms. The highest BCUT2D eigenvalue weighted by molar-refractivity contribution is 6.06. The maximum absolute atomic E-state index is 12.7. The van der Waals surface area contributed by atoms with Crippen molar-refractivity contribution in [3.05, 3.63) is 29.8 Å². The Morgan fingerprint density at radius 2 is 1.59 bits per heavy atom. The summed E-state index contributed by atoms with van der Waals surface area (Å²) in [4.78, 5) is 33.0. The number of likely N-dealkylation sites (tertiary alicyclic amines) is 1. The van der Waals surface area contributed by atoms with Crippen LogP contribution in [-0.4, -0.2) is 71.9 Å². The molecular weight excluding hydrogens is 340 g/mol. The number of carbonyl (C=O) groups excluding carboxylic acids is 2. The largest absolute Gasteiger partial charge is 0.372 e. The Bertz CT molecular complexity index is 703. The van der Waals surface area contributed by atoms with Crippen LogP contribution in [0.5, 0.6) is 0 Å². The summed E-state index contributed by atoms with van der Waals surface area (Å²) in [6.45, 7) is 7.48. The fourth-order valence-electron chi connectivity index (χ4n) is 4.93. The number of likely N-dealkylation sites (N-methyl/N-ethyl adjacent to an activating group) is 2. The van der Waals surface area contributed by atoms with Gasteiger partial charge in [0.05, 0.1) is 0 Å². The maximum Gasteiger partial charge on any atom is 0.327 e. The molecule has 27 heavy (non-hydrogen) atoms. The van der Waals surface area contributed by atoms with Crippen molar-refractivity contribution in [1.82, 2.24) is 14.7 Å². The number of nitrogens with zero attached hydrogens (tertiary/aromatic N) is 4. The van der Waals surface area contributed by atoms with Crippen LogP contribution >= 0.6 is 0 Å². The lowest BCUT2D eigenvalue weighted by Crippen LogP contribution is -2.56. The Morgan fingerprint density at radius 3 is 2.19 bits per heavy atom. The Balaban J connectivity index is 1.38. The highest BCUT2D eigenvalue weighted by atomic mass is 16.2. The van der Waals surface area contributed by atoms with Crippen LogP contribution in [0.2, 0.25) is 0 Å². The number of anilines is 1. The molecule has 4 rings (SSSR count). The summed E-state index contributed by atoms with van der Waals surface area (Å²) in [5.74, 6) is -0.0241. The lowest BCUT2D eigenvalue weighted by atomic mass is 9.85. The van der Waals surface area contributed by atoms with Gasteiger partial charge >= 0.3 is 6.03 Å². The molecule has 1 spiro atoms. The Morgan fingerprint density at radius 1 is 0.963 bits per heavy atom. The number of rotatable bonds is 4. The first-order chi connectivity index (χ1) is 13.0. The van der Waals surface area contributed by atoms with E-state index < -0.39 is 5.54 Å². The van der Waals surface area contributed by atoms with Gasteiger partial charge in [0.15, 0.2) is 0 Å². The van der Waals surface area contributed by atoms with Crippen LogP contribution in [0.25, 0.3) is 0 Å². The number of imide groups is 1. The molecule has 3 amide bonds. The van der Waals surface area contributed by atoms with E-state index in [-0.39, 0.29) is 11.9 Å². The zero-order valence-corrected chi connectivity index (χ0v) is 16.5. The van der Waals surface area contributed by atoms with Crippen LogP contribution in [0.3, 0.4) is 0 Å². The average molecular weight is 370 g/mol. The first-order valence-corrected chi connectivity index (χ1v) is 10.2. The van der Waals surface area contributed by atoms with Crippen LogP contribution in [-0.2, 0) is 11.3 Å². The predicted octanol–water partition coefficient (Wildman–Crippen LogP) is 2.54. The van der Waals surface area contributed by atoms with Crippen molar-refractivity contribution in [2.24, 2.45) is 0 Å². The van der Waals surface area contributed by atoms with E-state index in [0.717, 1.165) is 32.5 Å². The second-order valence-corrected chi connectivity index (χ2v) is 8.06. The molecular formula is C21H30N4O2. The van der Waals surface area contributed by atoms with Crippen LogP contribution < -0.4 is 4.90 Å². The Kier molecular flexibility index (Phi) is 4.84. The van der Waals surface area contributed by atoms with Gasteiger partial charge in [0.2, 0.25) is 0 Å². The molecule has 0 aromatic heterocycles. The van der Waals surface area contributed by atoms with E-state index in [0.29, 0.717) is 6.54 Å². The molecule has 3 heterocycles. The highest BCUT2D eigenvalue weighted by Crippen LogP contribution is 2.36. The van der Waals surface area contributed by atoms with Crippen LogP contribution in [0.15, 0.2) is 24.3 Å². The minimum absolute atomic E-state index is 0.0241. The fraction of sp³-hybridized carbons (Fsp3) is 0.619. The van der Waals surface area contributed by atoms with E-state index in [2.05, 4.69) is 34.1 Å². The molecule has 3 aliphatic heterocycles. The van der Waals surface area contributed by atoms with Gasteiger partial charge in [-0.2, -0.15) is 0 Å². The van der Waals surface area contributed by atoms with Crippen LogP contribution in [0, 0.1) is 0 Å². The van der Waals surface area contributed by atoms with E-state index in [1.54, 1.807) is 11.9 Å². The molecule has 3 fully saturated rings. The van der Waals surface area contributed by atoms with Gasteiger partial charge in [0.1, 0.15) is 5.54 Å². The average Bonchev–Trinajstić information content (AvgIpc) is 3.28. The van der Waals surface area contributed by atoms with E-state index >= 15 is 0 Å². The first-order valence-electron chi connectivity index (χ1n) is 10.2. The summed E-state index contributed by atoms with van der Waals surface area (Å²) in [6, 6.07) is 8.79. The smallest absolute Gasteiger partial charge is 0.327 e.